The van der Waals surface area contributed by atoms with E-state index in [2.05, 4.69) is 48.2 Å². The van der Waals surface area contributed by atoms with E-state index in [1.807, 2.05) is 7.05 Å². The van der Waals surface area contributed by atoms with Gasteiger partial charge in [-0.3, -0.25) is 9.89 Å². The van der Waals surface area contributed by atoms with Gasteiger partial charge in [-0.1, -0.05) is 13.8 Å². The molecule has 4 nitrogen and oxygen atoms in total. The predicted molar refractivity (Wildman–Crippen MR) is 99.1 cm³/mol. The first-order valence-electron chi connectivity index (χ1n) is 7.74. The molecule has 5 heteroatoms. The molecule has 1 aliphatic heterocycles. The van der Waals surface area contributed by atoms with Crippen LogP contribution in [0.15, 0.2) is 4.99 Å². The van der Waals surface area contributed by atoms with Crippen molar-refractivity contribution in [3.8, 4) is 0 Å². The van der Waals surface area contributed by atoms with E-state index in [-0.39, 0.29) is 24.0 Å². The summed E-state index contributed by atoms with van der Waals surface area (Å²) in [6.07, 6.45) is 3.97. The average molecular weight is 396 g/mol. The van der Waals surface area contributed by atoms with E-state index in [9.17, 15) is 0 Å². The highest BCUT2D eigenvalue weighted by Gasteiger charge is 2.22. The normalized spacial score (nSPS) is 18.2. The molecule has 0 spiro atoms. The zero-order chi connectivity index (χ0) is 14.3. The van der Waals surface area contributed by atoms with Crippen LogP contribution >= 0.6 is 24.0 Å². The van der Waals surface area contributed by atoms with Crippen LogP contribution in [0.4, 0.5) is 0 Å². The molecule has 0 saturated carbocycles. The van der Waals surface area contributed by atoms with E-state index in [0.29, 0.717) is 12.1 Å². The molecule has 1 rings (SSSR count). The zero-order valence-electron chi connectivity index (χ0n) is 13.8. The smallest absolute Gasteiger partial charge is 0.191 e. The summed E-state index contributed by atoms with van der Waals surface area (Å²) >= 11 is 0. The van der Waals surface area contributed by atoms with Gasteiger partial charge in [-0.15, -0.1) is 24.0 Å². The van der Waals surface area contributed by atoms with Crippen molar-refractivity contribution in [2.45, 2.75) is 59.0 Å². The molecule has 0 aliphatic carbocycles. The van der Waals surface area contributed by atoms with Crippen molar-refractivity contribution in [1.82, 2.24) is 15.5 Å². The Morgan fingerprint density at radius 1 is 1.15 bits per heavy atom. The molecule has 0 radical (unpaired) electrons. The summed E-state index contributed by atoms with van der Waals surface area (Å²) in [5, 5.41) is 6.83. The van der Waals surface area contributed by atoms with E-state index in [0.717, 1.165) is 18.4 Å². The van der Waals surface area contributed by atoms with Crippen molar-refractivity contribution in [3.63, 3.8) is 0 Å². The Bertz CT molecular complexity index is 273. The standard InChI is InChI=1S/C15H32N4.HI/c1-12(2)10-14(19-8-6-7-9-19)11-17-15(16-5)18-13(3)4;/h12-14H,6-11H2,1-5H3,(H2,16,17,18);1H. The zero-order valence-corrected chi connectivity index (χ0v) is 16.1. The summed E-state index contributed by atoms with van der Waals surface area (Å²) in [6, 6.07) is 1.05. The second kappa shape index (κ2) is 10.7. The lowest BCUT2D eigenvalue weighted by atomic mass is 10.0. The van der Waals surface area contributed by atoms with Gasteiger partial charge in [0.15, 0.2) is 5.96 Å². The number of aliphatic imine (C=N–C) groups is 1. The minimum atomic E-state index is 0. The Hall–Kier alpha value is -0.0400. The van der Waals surface area contributed by atoms with E-state index >= 15 is 0 Å². The Kier molecular flexibility index (Phi) is 10.6. The van der Waals surface area contributed by atoms with Crippen LogP contribution in [0.5, 0.6) is 0 Å². The van der Waals surface area contributed by atoms with Gasteiger partial charge < -0.3 is 10.6 Å². The fourth-order valence-corrected chi connectivity index (χ4v) is 2.69. The number of hydrogen-bond donors (Lipinski definition) is 2. The maximum atomic E-state index is 4.28. The molecule has 0 amide bonds. The van der Waals surface area contributed by atoms with Crippen LogP contribution in [0.25, 0.3) is 0 Å². The molecule has 0 bridgehead atoms. The van der Waals surface area contributed by atoms with Crippen molar-refractivity contribution in [2.75, 3.05) is 26.7 Å². The lowest BCUT2D eigenvalue weighted by molar-refractivity contribution is 0.212. The van der Waals surface area contributed by atoms with Crippen LogP contribution in [0.3, 0.4) is 0 Å². The molecule has 20 heavy (non-hydrogen) atoms. The van der Waals surface area contributed by atoms with Gasteiger partial charge in [-0.05, 0) is 52.1 Å². The molecule has 120 valence electrons. The summed E-state index contributed by atoms with van der Waals surface area (Å²) in [4.78, 5) is 6.92. The number of nitrogens with one attached hydrogen (secondary N) is 2. The second-order valence-corrected chi connectivity index (χ2v) is 6.28. The fourth-order valence-electron chi connectivity index (χ4n) is 2.69. The molecule has 0 aromatic carbocycles. The first-order valence-corrected chi connectivity index (χ1v) is 7.74. The van der Waals surface area contributed by atoms with Crippen molar-refractivity contribution in [2.24, 2.45) is 10.9 Å². The molecular weight excluding hydrogens is 363 g/mol. The van der Waals surface area contributed by atoms with Crippen molar-refractivity contribution in [1.29, 1.82) is 0 Å². The minimum Gasteiger partial charge on any atom is -0.355 e. The number of hydrogen-bond acceptors (Lipinski definition) is 2. The van der Waals surface area contributed by atoms with Gasteiger partial charge in [-0.25, -0.2) is 0 Å². The van der Waals surface area contributed by atoms with Gasteiger partial charge in [0.25, 0.3) is 0 Å². The molecule has 1 unspecified atom stereocenters. The predicted octanol–water partition coefficient (Wildman–Crippen LogP) is 2.69. The summed E-state index contributed by atoms with van der Waals surface area (Å²) in [6.45, 7) is 12.4. The Balaban J connectivity index is 0.00000361. The average Bonchev–Trinajstić information content (AvgIpc) is 2.85. The highest BCUT2D eigenvalue weighted by molar-refractivity contribution is 14.0. The Morgan fingerprint density at radius 3 is 2.20 bits per heavy atom. The molecule has 1 atom stereocenters. The summed E-state index contributed by atoms with van der Waals surface area (Å²) in [5.41, 5.74) is 0. The molecule has 0 aromatic rings. The molecule has 2 N–H and O–H groups in total. The number of halogens is 1. The number of rotatable bonds is 6. The highest BCUT2D eigenvalue weighted by Crippen LogP contribution is 2.17. The Morgan fingerprint density at radius 2 is 1.75 bits per heavy atom. The summed E-state index contributed by atoms with van der Waals surface area (Å²) in [7, 11) is 1.84. The minimum absolute atomic E-state index is 0. The van der Waals surface area contributed by atoms with Gasteiger partial charge >= 0.3 is 0 Å². The van der Waals surface area contributed by atoms with Gasteiger partial charge in [0.05, 0.1) is 0 Å². The molecule has 1 fully saturated rings. The summed E-state index contributed by atoms with van der Waals surface area (Å²) < 4.78 is 0. The van der Waals surface area contributed by atoms with Crippen LogP contribution < -0.4 is 10.6 Å². The third-order valence-electron chi connectivity index (χ3n) is 3.55. The Labute approximate surface area is 142 Å². The van der Waals surface area contributed by atoms with E-state index in [1.165, 1.54) is 32.4 Å². The molecule has 1 aliphatic rings. The van der Waals surface area contributed by atoms with Crippen LogP contribution in [-0.4, -0.2) is 49.6 Å². The molecule has 0 aromatic heterocycles. The quantitative estimate of drug-likeness (QED) is 0.412. The third kappa shape index (κ3) is 7.67. The fraction of sp³-hybridized carbons (Fsp3) is 0.933. The number of likely N-dealkylation sites (tertiary alicyclic amines) is 1. The van der Waals surface area contributed by atoms with Crippen LogP contribution in [0.1, 0.15) is 47.0 Å². The van der Waals surface area contributed by atoms with Gasteiger partial charge in [0.2, 0.25) is 0 Å². The number of guanidine groups is 1. The van der Waals surface area contributed by atoms with Crippen molar-refractivity contribution >= 4 is 29.9 Å². The largest absolute Gasteiger partial charge is 0.355 e. The lowest BCUT2D eigenvalue weighted by Crippen LogP contribution is -2.48. The van der Waals surface area contributed by atoms with Gasteiger partial charge in [0.1, 0.15) is 0 Å². The summed E-state index contributed by atoms with van der Waals surface area (Å²) in [5.74, 6) is 1.66. The van der Waals surface area contributed by atoms with E-state index in [4.69, 9.17) is 0 Å². The van der Waals surface area contributed by atoms with E-state index in [1.54, 1.807) is 0 Å². The lowest BCUT2D eigenvalue weighted by Gasteiger charge is -2.30. The van der Waals surface area contributed by atoms with Crippen molar-refractivity contribution < 1.29 is 0 Å². The highest BCUT2D eigenvalue weighted by atomic mass is 127. The van der Waals surface area contributed by atoms with Crippen LogP contribution in [-0.2, 0) is 0 Å². The van der Waals surface area contributed by atoms with Crippen molar-refractivity contribution in [3.05, 3.63) is 0 Å². The number of nitrogens with zero attached hydrogens (tertiary/aromatic N) is 2. The first-order chi connectivity index (χ1) is 9.02. The maximum Gasteiger partial charge on any atom is 0.191 e. The first kappa shape index (κ1) is 20.0. The van der Waals surface area contributed by atoms with Gasteiger partial charge in [-0.2, -0.15) is 0 Å². The second-order valence-electron chi connectivity index (χ2n) is 6.28. The molecule has 1 heterocycles. The molecule has 1 saturated heterocycles. The molecular formula is C15H33IN4. The van der Waals surface area contributed by atoms with Gasteiger partial charge in [0, 0.05) is 25.7 Å². The van der Waals surface area contributed by atoms with Crippen LogP contribution in [0.2, 0.25) is 0 Å². The monoisotopic (exact) mass is 396 g/mol. The van der Waals surface area contributed by atoms with Crippen LogP contribution in [0, 0.1) is 5.92 Å². The third-order valence-corrected chi connectivity index (χ3v) is 3.55. The van der Waals surface area contributed by atoms with E-state index < -0.39 is 0 Å². The maximum absolute atomic E-state index is 4.28. The topological polar surface area (TPSA) is 39.7 Å². The SMILES string of the molecule is CN=C(NCC(CC(C)C)N1CCCC1)NC(C)C.I.